The maximum absolute atomic E-state index is 13.0. The van der Waals surface area contributed by atoms with E-state index < -0.39 is 47.9 Å². The van der Waals surface area contributed by atoms with Crippen LogP contribution in [-0.4, -0.2) is 74.9 Å². The number of carbonyl (C=O) groups is 4. The molecule has 0 spiro atoms. The van der Waals surface area contributed by atoms with Crippen LogP contribution in [0.5, 0.6) is 0 Å². The number of thioether (sulfide) groups is 1. The second-order valence-electron chi connectivity index (χ2n) is 7.68. The van der Waals surface area contributed by atoms with Gasteiger partial charge in [-0.3, -0.25) is 14.4 Å². The van der Waals surface area contributed by atoms with Crippen LogP contribution in [-0.2, 0) is 25.6 Å². The molecular weight excluding hydrogens is 436 g/mol. The molecule has 0 aliphatic heterocycles. The number of imidazole rings is 1. The molecule has 12 heteroatoms. The SMILES string of the molecule is CCC(C)C(NC(=O)C(Cc1cnc[nH]1)NC(=O)C(CCSC)NC(=O)C(C)N)C(=O)O. The molecule has 1 aromatic rings. The number of nitrogens with two attached hydrogens (primary N) is 1. The van der Waals surface area contributed by atoms with Crippen molar-refractivity contribution in [2.75, 3.05) is 12.0 Å². The van der Waals surface area contributed by atoms with E-state index in [-0.39, 0.29) is 12.3 Å². The highest BCUT2D eigenvalue weighted by Gasteiger charge is 2.32. The smallest absolute Gasteiger partial charge is 0.326 e. The molecule has 1 aromatic heterocycles. The van der Waals surface area contributed by atoms with Gasteiger partial charge >= 0.3 is 5.97 Å². The fourth-order valence-corrected chi connectivity index (χ4v) is 3.31. The normalized spacial score (nSPS) is 15.7. The van der Waals surface area contributed by atoms with E-state index >= 15 is 0 Å². The zero-order chi connectivity index (χ0) is 24.3. The van der Waals surface area contributed by atoms with Gasteiger partial charge < -0.3 is 31.8 Å². The van der Waals surface area contributed by atoms with Gasteiger partial charge in [-0.1, -0.05) is 20.3 Å². The van der Waals surface area contributed by atoms with E-state index in [1.54, 1.807) is 6.92 Å². The number of nitrogens with one attached hydrogen (secondary N) is 4. The number of carbonyl (C=O) groups excluding carboxylic acids is 3. The summed E-state index contributed by atoms with van der Waals surface area (Å²) in [5.74, 6) is -2.53. The van der Waals surface area contributed by atoms with E-state index in [2.05, 4.69) is 25.9 Å². The quantitative estimate of drug-likeness (QED) is 0.213. The highest BCUT2D eigenvalue weighted by atomic mass is 32.2. The van der Waals surface area contributed by atoms with Gasteiger partial charge in [-0.05, 0) is 31.3 Å². The number of H-pyrrole nitrogens is 1. The minimum Gasteiger partial charge on any atom is -0.480 e. The summed E-state index contributed by atoms with van der Waals surface area (Å²) in [6, 6.07) is -3.85. The summed E-state index contributed by atoms with van der Waals surface area (Å²) < 4.78 is 0. The standard InChI is InChI=1S/C20H34N6O5S/c1-5-11(2)16(20(30)31)26-19(29)15(8-13-9-22-10-23-13)25-18(28)14(6-7-32-4)24-17(27)12(3)21/h9-12,14-16H,5-8,21H2,1-4H3,(H,22,23)(H,24,27)(H,25,28)(H,26,29)(H,30,31). The Morgan fingerprint density at radius 3 is 2.25 bits per heavy atom. The summed E-state index contributed by atoms with van der Waals surface area (Å²) in [5.41, 5.74) is 6.18. The number of aliphatic carboxylic acids is 1. The largest absolute Gasteiger partial charge is 0.480 e. The van der Waals surface area contributed by atoms with Crippen LogP contribution in [0.4, 0.5) is 0 Å². The van der Waals surface area contributed by atoms with Crippen LogP contribution in [0.3, 0.4) is 0 Å². The number of carboxylic acid groups (broad SMARTS) is 1. The van der Waals surface area contributed by atoms with Crippen LogP contribution < -0.4 is 21.7 Å². The summed E-state index contributed by atoms with van der Waals surface area (Å²) >= 11 is 1.51. The number of aromatic nitrogens is 2. The van der Waals surface area contributed by atoms with Crippen LogP contribution >= 0.6 is 11.8 Å². The first kappa shape index (κ1) is 27.4. The van der Waals surface area contributed by atoms with Gasteiger partial charge in [0.25, 0.3) is 0 Å². The van der Waals surface area contributed by atoms with Crippen LogP contribution in [0.25, 0.3) is 0 Å². The van der Waals surface area contributed by atoms with Crippen LogP contribution in [0, 0.1) is 5.92 Å². The molecule has 0 radical (unpaired) electrons. The van der Waals surface area contributed by atoms with Crippen molar-refractivity contribution in [1.29, 1.82) is 0 Å². The molecule has 1 heterocycles. The first-order valence-electron chi connectivity index (χ1n) is 10.5. The average molecular weight is 471 g/mol. The van der Waals surface area contributed by atoms with Gasteiger partial charge in [-0.15, -0.1) is 0 Å². The lowest BCUT2D eigenvalue weighted by molar-refractivity contribution is -0.143. The van der Waals surface area contributed by atoms with Gasteiger partial charge in [0.1, 0.15) is 18.1 Å². The lowest BCUT2D eigenvalue weighted by Crippen LogP contribution is -2.58. The molecule has 0 saturated heterocycles. The van der Waals surface area contributed by atoms with Crippen LogP contribution in [0.15, 0.2) is 12.5 Å². The topological polar surface area (TPSA) is 179 Å². The predicted molar refractivity (Wildman–Crippen MR) is 122 cm³/mol. The molecular formula is C20H34N6O5S. The van der Waals surface area contributed by atoms with E-state index in [1.165, 1.54) is 31.2 Å². The second kappa shape index (κ2) is 13.7. The van der Waals surface area contributed by atoms with E-state index in [4.69, 9.17) is 5.73 Å². The summed E-state index contributed by atoms with van der Waals surface area (Å²) in [6.07, 6.45) is 5.79. The molecule has 7 N–H and O–H groups in total. The molecule has 5 atom stereocenters. The van der Waals surface area contributed by atoms with Crippen LogP contribution in [0.1, 0.15) is 39.3 Å². The Labute approximate surface area is 192 Å². The van der Waals surface area contributed by atoms with Crippen molar-refractivity contribution in [2.24, 2.45) is 11.7 Å². The maximum atomic E-state index is 13.0. The molecule has 3 amide bonds. The number of nitrogens with zero attached hydrogens (tertiary/aromatic N) is 1. The van der Waals surface area contributed by atoms with E-state index in [0.29, 0.717) is 24.3 Å². The Kier molecular flexibility index (Phi) is 11.8. The molecule has 1 rings (SSSR count). The van der Waals surface area contributed by atoms with Crippen molar-refractivity contribution >= 4 is 35.5 Å². The van der Waals surface area contributed by atoms with Crippen molar-refractivity contribution < 1.29 is 24.3 Å². The number of carboxylic acids is 1. The van der Waals surface area contributed by atoms with Gasteiger partial charge in [0.05, 0.1) is 12.4 Å². The Balaban J connectivity index is 3.04. The maximum Gasteiger partial charge on any atom is 0.326 e. The average Bonchev–Trinajstić information content (AvgIpc) is 3.26. The lowest BCUT2D eigenvalue weighted by atomic mass is 9.98. The molecule has 5 unspecified atom stereocenters. The van der Waals surface area contributed by atoms with Crippen molar-refractivity contribution in [3.63, 3.8) is 0 Å². The number of amides is 3. The van der Waals surface area contributed by atoms with E-state index in [0.717, 1.165) is 0 Å². The monoisotopic (exact) mass is 470 g/mol. The summed E-state index contributed by atoms with van der Waals surface area (Å²) in [5, 5.41) is 17.3. The minimum atomic E-state index is -1.15. The van der Waals surface area contributed by atoms with Crippen molar-refractivity contribution in [3.05, 3.63) is 18.2 Å². The Bertz CT molecular complexity index is 758. The van der Waals surface area contributed by atoms with E-state index in [1.807, 2.05) is 13.2 Å². The van der Waals surface area contributed by atoms with Gasteiger partial charge in [0.2, 0.25) is 17.7 Å². The Hall–Kier alpha value is -2.60. The fraction of sp³-hybridized carbons (Fsp3) is 0.650. The molecule has 0 fully saturated rings. The lowest BCUT2D eigenvalue weighted by Gasteiger charge is -2.26. The highest BCUT2D eigenvalue weighted by molar-refractivity contribution is 7.98. The Morgan fingerprint density at radius 2 is 1.75 bits per heavy atom. The minimum absolute atomic E-state index is 0.0703. The summed E-state index contributed by atoms with van der Waals surface area (Å²) in [7, 11) is 0. The highest BCUT2D eigenvalue weighted by Crippen LogP contribution is 2.10. The third-order valence-electron chi connectivity index (χ3n) is 5.05. The zero-order valence-electron chi connectivity index (χ0n) is 18.9. The molecule has 11 nitrogen and oxygen atoms in total. The second-order valence-corrected chi connectivity index (χ2v) is 8.67. The molecule has 180 valence electrons. The molecule has 0 bridgehead atoms. The number of rotatable bonds is 14. The first-order chi connectivity index (χ1) is 15.1. The summed E-state index contributed by atoms with van der Waals surface area (Å²) in [4.78, 5) is 56.4. The molecule has 0 aliphatic rings. The predicted octanol–water partition coefficient (Wildman–Crippen LogP) is -0.362. The third kappa shape index (κ3) is 8.87. The first-order valence-corrected chi connectivity index (χ1v) is 11.9. The number of hydrogen-bond donors (Lipinski definition) is 6. The Morgan fingerprint density at radius 1 is 1.12 bits per heavy atom. The number of hydrogen-bond acceptors (Lipinski definition) is 7. The van der Waals surface area contributed by atoms with Crippen molar-refractivity contribution in [2.45, 2.75) is 64.2 Å². The van der Waals surface area contributed by atoms with Gasteiger partial charge in [0, 0.05) is 18.3 Å². The fourth-order valence-electron chi connectivity index (χ4n) is 2.84. The van der Waals surface area contributed by atoms with Gasteiger partial charge in [0.15, 0.2) is 0 Å². The van der Waals surface area contributed by atoms with Crippen molar-refractivity contribution in [3.8, 4) is 0 Å². The molecule has 0 aliphatic carbocycles. The molecule has 32 heavy (non-hydrogen) atoms. The molecule has 0 aromatic carbocycles. The number of aromatic amines is 1. The van der Waals surface area contributed by atoms with Crippen LogP contribution in [0.2, 0.25) is 0 Å². The van der Waals surface area contributed by atoms with E-state index in [9.17, 15) is 24.3 Å². The van der Waals surface area contributed by atoms with Gasteiger partial charge in [-0.25, -0.2) is 9.78 Å². The van der Waals surface area contributed by atoms with Crippen molar-refractivity contribution in [1.82, 2.24) is 25.9 Å². The van der Waals surface area contributed by atoms with Gasteiger partial charge in [-0.2, -0.15) is 11.8 Å². The molecule has 0 saturated carbocycles. The zero-order valence-corrected chi connectivity index (χ0v) is 19.7. The summed E-state index contributed by atoms with van der Waals surface area (Å²) in [6.45, 7) is 5.06. The third-order valence-corrected chi connectivity index (χ3v) is 5.69.